The maximum Gasteiger partial charge on any atom is 0.0269 e. The number of nitrogens with zero attached hydrogens (tertiary/aromatic N) is 1. The third kappa shape index (κ3) is 1.38. The monoisotopic (exact) mass is 168 g/mol. The Bertz CT molecular complexity index is 173. The first-order valence-electron chi connectivity index (χ1n) is 5.09. The van der Waals surface area contributed by atoms with Gasteiger partial charge in [0, 0.05) is 19.6 Å². The molecule has 1 aliphatic heterocycles. The van der Waals surface area contributed by atoms with Crippen molar-refractivity contribution in [3.63, 3.8) is 0 Å². The number of nitrogens with one attached hydrogen (secondary N) is 1. The van der Waals surface area contributed by atoms with Gasteiger partial charge in [0.05, 0.1) is 0 Å². The molecule has 0 aromatic heterocycles. The minimum absolute atomic E-state index is 0.710. The third-order valence-corrected chi connectivity index (χ3v) is 3.57. The lowest BCUT2D eigenvalue weighted by atomic mass is 9.88. The maximum absolute atomic E-state index is 3.50. The smallest absolute Gasteiger partial charge is 0.0269 e. The Hall–Kier alpha value is -0.0800. The van der Waals surface area contributed by atoms with Crippen LogP contribution in [-0.2, 0) is 0 Å². The molecule has 1 heterocycles. The van der Waals surface area contributed by atoms with E-state index < -0.39 is 0 Å². The van der Waals surface area contributed by atoms with Gasteiger partial charge in [-0.1, -0.05) is 13.8 Å². The van der Waals surface area contributed by atoms with Crippen LogP contribution in [0.3, 0.4) is 0 Å². The van der Waals surface area contributed by atoms with E-state index in [9.17, 15) is 0 Å². The van der Waals surface area contributed by atoms with Gasteiger partial charge < -0.3 is 0 Å². The lowest BCUT2D eigenvalue weighted by molar-refractivity contribution is 0.0472. The summed E-state index contributed by atoms with van der Waals surface area (Å²) < 4.78 is 0. The van der Waals surface area contributed by atoms with E-state index in [1.165, 1.54) is 25.8 Å². The van der Waals surface area contributed by atoms with E-state index in [0.29, 0.717) is 5.41 Å². The molecule has 1 unspecified atom stereocenters. The zero-order valence-corrected chi connectivity index (χ0v) is 8.43. The molecule has 70 valence electrons. The summed E-state index contributed by atoms with van der Waals surface area (Å²) in [6.45, 7) is 5.86. The van der Waals surface area contributed by atoms with E-state index in [1.54, 1.807) is 0 Å². The molecule has 2 nitrogen and oxygen atoms in total. The van der Waals surface area contributed by atoms with Crippen LogP contribution in [0.2, 0.25) is 0 Å². The lowest BCUT2D eigenvalue weighted by Crippen LogP contribution is -2.53. The van der Waals surface area contributed by atoms with Gasteiger partial charge in [0.25, 0.3) is 0 Å². The van der Waals surface area contributed by atoms with Crippen LogP contribution >= 0.6 is 0 Å². The van der Waals surface area contributed by atoms with Crippen molar-refractivity contribution < 1.29 is 0 Å². The molecule has 2 aliphatic rings. The zero-order valence-electron chi connectivity index (χ0n) is 8.43. The van der Waals surface area contributed by atoms with Crippen molar-refractivity contribution in [1.29, 1.82) is 0 Å². The summed E-state index contributed by atoms with van der Waals surface area (Å²) in [7, 11) is 2.18. The Balaban J connectivity index is 2.00. The molecule has 0 aromatic rings. The van der Waals surface area contributed by atoms with Crippen LogP contribution in [0, 0.1) is 11.3 Å². The Kier molecular flexibility index (Phi) is 1.92. The van der Waals surface area contributed by atoms with Gasteiger partial charge in [0.15, 0.2) is 0 Å². The SMILES string of the molecule is CC(C)C1CC2(CC2)CNN1C. The van der Waals surface area contributed by atoms with Crippen LogP contribution in [0.25, 0.3) is 0 Å². The van der Waals surface area contributed by atoms with Gasteiger partial charge in [0.1, 0.15) is 0 Å². The van der Waals surface area contributed by atoms with E-state index >= 15 is 0 Å². The molecule has 0 amide bonds. The van der Waals surface area contributed by atoms with Gasteiger partial charge in [-0.05, 0) is 30.6 Å². The predicted octanol–water partition coefficient (Wildman–Crippen LogP) is 1.63. The van der Waals surface area contributed by atoms with Crippen LogP contribution in [0.15, 0.2) is 0 Å². The van der Waals surface area contributed by atoms with Crippen molar-refractivity contribution in [3.8, 4) is 0 Å². The van der Waals surface area contributed by atoms with Gasteiger partial charge in [0.2, 0.25) is 0 Å². The van der Waals surface area contributed by atoms with Crippen molar-refractivity contribution in [3.05, 3.63) is 0 Å². The Morgan fingerprint density at radius 1 is 1.42 bits per heavy atom. The first-order valence-corrected chi connectivity index (χ1v) is 5.09. The largest absolute Gasteiger partial charge is 0.255 e. The molecule has 2 rings (SSSR count). The summed E-state index contributed by atoms with van der Waals surface area (Å²) in [4.78, 5) is 0. The molecule has 1 saturated heterocycles. The van der Waals surface area contributed by atoms with Crippen molar-refractivity contribution in [2.75, 3.05) is 13.6 Å². The van der Waals surface area contributed by atoms with Gasteiger partial charge in [-0.15, -0.1) is 0 Å². The number of hydrogen-bond acceptors (Lipinski definition) is 2. The van der Waals surface area contributed by atoms with E-state index in [0.717, 1.165) is 12.0 Å². The molecule has 0 bridgehead atoms. The number of rotatable bonds is 1. The molecule has 0 aromatic carbocycles. The molecule has 12 heavy (non-hydrogen) atoms. The number of hydrazine groups is 1. The summed E-state index contributed by atoms with van der Waals surface area (Å²) in [5.74, 6) is 0.778. The highest BCUT2D eigenvalue weighted by molar-refractivity contribution is 5.00. The second-order valence-electron chi connectivity index (χ2n) is 4.96. The van der Waals surface area contributed by atoms with Crippen LogP contribution in [0.5, 0.6) is 0 Å². The second-order valence-corrected chi connectivity index (χ2v) is 4.96. The molecule has 2 heteroatoms. The highest BCUT2D eigenvalue weighted by Crippen LogP contribution is 2.51. The molecule has 2 fully saturated rings. The molecule has 1 saturated carbocycles. The first kappa shape index (κ1) is 8.52. The first-order chi connectivity index (χ1) is 5.63. The second kappa shape index (κ2) is 2.71. The third-order valence-electron chi connectivity index (χ3n) is 3.57. The van der Waals surface area contributed by atoms with Crippen LogP contribution in [-0.4, -0.2) is 24.6 Å². The van der Waals surface area contributed by atoms with E-state index in [2.05, 4.69) is 31.3 Å². The van der Waals surface area contributed by atoms with Crippen molar-refractivity contribution in [1.82, 2.24) is 10.4 Å². The summed E-state index contributed by atoms with van der Waals surface area (Å²) in [5, 5.41) is 2.31. The lowest BCUT2D eigenvalue weighted by Gasteiger charge is -2.40. The quantitative estimate of drug-likeness (QED) is 0.640. The van der Waals surface area contributed by atoms with Gasteiger partial charge in [-0.2, -0.15) is 0 Å². The summed E-state index contributed by atoms with van der Waals surface area (Å²) in [5.41, 5.74) is 4.21. The standard InChI is InChI=1S/C10H20N2/c1-8(2)9-6-10(4-5-10)7-11-12(9)3/h8-9,11H,4-7H2,1-3H3. The Morgan fingerprint density at radius 2 is 2.08 bits per heavy atom. The zero-order chi connectivity index (χ0) is 8.77. The summed E-state index contributed by atoms with van der Waals surface area (Å²) in [6, 6.07) is 0.751. The molecular formula is C10H20N2. The van der Waals surface area contributed by atoms with E-state index in [4.69, 9.17) is 0 Å². The molecule has 1 aliphatic carbocycles. The van der Waals surface area contributed by atoms with Crippen LogP contribution in [0.1, 0.15) is 33.1 Å². The summed E-state index contributed by atoms with van der Waals surface area (Å²) in [6.07, 6.45) is 4.32. The maximum atomic E-state index is 3.50. The fourth-order valence-corrected chi connectivity index (χ4v) is 2.30. The Labute approximate surface area is 75.3 Å². The fourth-order valence-electron chi connectivity index (χ4n) is 2.30. The predicted molar refractivity (Wildman–Crippen MR) is 50.7 cm³/mol. The van der Waals surface area contributed by atoms with Crippen LogP contribution < -0.4 is 5.43 Å². The molecule has 1 spiro atoms. The number of hydrogen-bond donors (Lipinski definition) is 1. The van der Waals surface area contributed by atoms with Crippen molar-refractivity contribution in [2.45, 2.75) is 39.2 Å². The van der Waals surface area contributed by atoms with E-state index in [1.807, 2.05) is 0 Å². The van der Waals surface area contributed by atoms with Gasteiger partial charge in [-0.3, -0.25) is 5.43 Å². The summed E-state index contributed by atoms with van der Waals surface area (Å²) >= 11 is 0. The average Bonchev–Trinajstić information content (AvgIpc) is 2.76. The fraction of sp³-hybridized carbons (Fsp3) is 1.00. The minimum atomic E-state index is 0.710. The average molecular weight is 168 g/mol. The molecule has 0 radical (unpaired) electrons. The van der Waals surface area contributed by atoms with Crippen molar-refractivity contribution >= 4 is 0 Å². The van der Waals surface area contributed by atoms with Crippen molar-refractivity contribution in [2.24, 2.45) is 11.3 Å². The minimum Gasteiger partial charge on any atom is -0.255 e. The molecule has 1 N–H and O–H groups in total. The van der Waals surface area contributed by atoms with Crippen LogP contribution in [0.4, 0.5) is 0 Å². The Morgan fingerprint density at radius 3 is 2.58 bits per heavy atom. The van der Waals surface area contributed by atoms with Gasteiger partial charge in [-0.25, -0.2) is 5.01 Å². The molecule has 1 atom stereocenters. The van der Waals surface area contributed by atoms with Gasteiger partial charge >= 0.3 is 0 Å². The topological polar surface area (TPSA) is 15.3 Å². The highest BCUT2D eigenvalue weighted by atomic mass is 15.5. The van der Waals surface area contributed by atoms with E-state index in [-0.39, 0.29) is 0 Å². The normalized spacial score (nSPS) is 34.5. The molecular weight excluding hydrogens is 148 g/mol. The highest BCUT2D eigenvalue weighted by Gasteiger charge is 2.47.